The van der Waals surface area contributed by atoms with Gasteiger partial charge in [0.1, 0.15) is 5.82 Å². The molecule has 1 aliphatic carbocycles. The highest BCUT2D eigenvalue weighted by Crippen LogP contribution is 2.40. The molecule has 2 aromatic heterocycles. The Bertz CT molecular complexity index is 588. The van der Waals surface area contributed by atoms with Crippen LogP contribution in [0.15, 0.2) is 25.7 Å². The fraction of sp³-hybridized carbons (Fsp3) is 0.385. The number of anilines is 1. The quantitative estimate of drug-likeness (QED) is 0.835. The Balaban J connectivity index is 2.03. The Morgan fingerprint density at radius 2 is 2.11 bits per heavy atom. The summed E-state index contributed by atoms with van der Waals surface area (Å²) in [6.07, 6.45) is 2.43. The van der Waals surface area contributed by atoms with E-state index in [0.717, 1.165) is 22.5 Å². The second-order valence-corrected chi connectivity index (χ2v) is 6.11. The van der Waals surface area contributed by atoms with E-state index in [-0.39, 0.29) is 0 Å². The molecule has 0 unspecified atom stereocenters. The Hall–Kier alpha value is -0.880. The number of nitrogens with one attached hydrogen (secondary N) is 1. The second kappa shape index (κ2) is 5.25. The molecule has 4 nitrogen and oxygen atoms in total. The maximum absolute atomic E-state index is 5.61. The van der Waals surface area contributed by atoms with Gasteiger partial charge in [-0.2, -0.15) is 0 Å². The van der Waals surface area contributed by atoms with Crippen LogP contribution in [-0.2, 0) is 0 Å². The summed E-state index contributed by atoms with van der Waals surface area (Å²) in [7, 11) is 0. The third-order valence-electron chi connectivity index (χ3n) is 2.97. The topological polar surface area (TPSA) is 51.0 Å². The fourth-order valence-corrected chi connectivity index (χ4v) is 2.47. The zero-order valence-electron chi connectivity index (χ0n) is 10.4. The number of nitrogens with zero attached hydrogens (tertiary/aromatic N) is 2. The van der Waals surface area contributed by atoms with E-state index in [1.807, 2.05) is 12.1 Å². The van der Waals surface area contributed by atoms with Crippen molar-refractivity contribution in [3.8, 4) is 11.6 Å². The number of furan rings is 1. The molecule has 1 N–H and O–H groups in total. The van der Waals surface area contributed by atoms with Gasteiger partial charge >= 0.3 is 0 Å². The van der Waals surface area contributed by atoms with Crippen LogP contribution in [0.5, 0.6) is 0 Å². The molecule has 0 spiro atoms. The summed E-state index contributed by atoms with van der Waals surface area (Å²) in [5.74, 6) is 2.74. The summed E-state index contributed by atoms with van der Waals surface area (Å²) < 4.78 is 7.13. The number of hydrogen-bond donors (Lipinski definition) is 1. The van der Waals surface area contributed by atoms with E-state index in [0.29, 0.717) is 22.2 Å². The minimum atomic E-state index is 0.584. The van der Waals surface area contributed by atoms with Crippen molar-refractivity contribution >= 4 is 37.7 Å². The molecule has 0 aliphatic heterocycles. The standard InChI is InChI=1S/C13H13Br2N3O/c1-2-16-11-6-9(7-3-4-7)17-13(18-11)10-5-8(14)12(15)19-10/h5-7H,2-4H2,1H3,(H,16,17,18). The number of halogens is 2. The van der Waals surface area contributed by atoms with Crippen molar-refractivity contribution in [1.82, 2.24) is 9.97 Å². The first-order chi connectivity index (χ1) is 9.17. The number of hydrogen-bond acceptors (Lipinski definition) is 4. The van der Waals surface area contributed by atoms with Gasteiger partial charge in [0.15, 0.2) is 16.3 Å². The van der Waals surface area contributed by atoms with E-state index < -0.39 is 0 Å². The van der Waals surface area contributed by atoms with Crippen LogP contribution in [0.1, 0.15) is 31.4 Å². The van der Waals surface area contributed by atoms with Gasteiger partial charge < -0.3 is 9.73 Å². The highest BCUT2D eigenvalue weighted by Gasteiger charge is 2.26. The maximum atomic E-state index is 5.61. The summed E-state index contributed by atoms with van der Waals surface area (Å²) in [6, 6.07) is 3.92. The largest absolute Gasteiger partial charge is 0.445 e. The average molecular weight is 387 g/mol. The molecule has 1 saturated carbocycles. The second-order valence-electron chi connectivity index (χ2n) is 4.54. The van der Waals surface area contributed by atoms with Crippen LogP contribution in [0.3, 0.4) is 0 Å². The molecular formula is C13H13Br2N3O. The van der Waals surface area contributed by atoms with Gasteiger partial charge in [-0.3, -0.25) is 0 Å². The Morgan fingerprint density at radius 3 is 2.68 bits per heavy atom. The SMILES string of the molecule is CCNc1cc(C2CC2)nc(-c2cc(Br)c(Br)o2)n1. The number of rotatable bonds is 4. The van der Waals surface area contributed by atoms with E-state index in [4.69, 9.17) is 4.42 Å². The highest BCUT2D eigenvalue weighted by atomic mass is 79.9. The van der Waals surface area contributed by atoms with Gasteiger partial charge in [0.25, 0.3) is 0 Å². The summed E-state index contributed by atoms with van der Waals surface area (Å²) in [6.45, 7) is 2.89. The van der Waals surface area contributed by atoms with Crippen LogP contribution in [0.2, 0.25) is 0 Å². The summed E-state index contributed by atoms with van der Waals surface area (Å²) in [4.78, 5) is 9.12. The van der Waals surface area contributed by atoms with Crippen LogP contribution in [0.25, 0.3) is 11.6 Å². The Morgan fingerprint density at radius 1 is 1.32 bits per heavy atom. The molecule has 0 amide bonds. The predicted molar refractivity (Wildman–Crippen MR) is 81.3 cm³/mol. The Labute approximate surface area is 128 Å². The van der Waals surface area contributed by atoms with Crippen molar-refractivity contribution in [2.24, 2.45) is 0 Å². The predicted octanol–water partition coefficient (Wildman–Crippen LogP) is 4.57. The maximum Gasteiger partial charge on any atom is 0.197 e. The highest BCUT2D eigenvalue weighted by molar-refractivity contribution is 9.13. The zero-order chi connectivity index (χ0) is 13.4. The minimum absolute atomic E-state index is 0.584. The van der Waals surface area contributed by atoms with E-state index in [2.05, 4.69) is 54.1 Å². The van der Waals surface area contributed by atoms with Gasteiger partial charge in [-0.05, 0) is 51.6 Å². The lowest BCUT2D eigenvalue weighted by Crippen LogP contribution is -2.03. The fourth-order valence-electron chi connectivity index (χ4n) is 1.89. The lowest BCUT2D eigenvalue weighted by atomic mass is 10.2. The molecule has 6 heteroatoms. The van der Waals surface area contributed by atoms with Crippen molar-refractivity contribution in [2.75, 3.05) is 11.9 Å². The third-order valence-corrected chi connectivity index (χ3v) is 4.68. The summed E-state index contributed by atoms with van der Waals surface area (Å²) >= 11 is 6.75. The molecule has 0 radical (unpaired) electrons. The molecule has 0 bridgehead atoms. The van der Waals surface area contributed by atoms with Gasteiger partial charge in [0.2, 0.25) is 0 Å². The van der Waals surface area contributed by atoms with Crippen molar-refractivity contribution in [2.45, 2.75) is 25.7 Å². The first-order valence-electron chi connectivity index (χ1n) is 6.25. The molecule has 19 heavy (non-hydrogen) atoms. The molecular weight excluding hydrogens is 374 g/mol. The monoisotopic (exact) mass is 385 g/mol. The van der Waals surface area contributed by atoms with Crippen LogP contribution in [0.4, 0.5) is 5.82 Å². The summed E-state index contributed by atoms with van der Waals surface area (Å²) in [5.41, 5.74) is 1.10. The lowest BCUT2D eigenvalue weighted by Gasteiger charge is -2.06. The zero-order valence-corrected chi connectivity index (χ0v) is 13.6. The van der Waals surface area contributed by atoms with Crippen molar-refractivity contribution in [3.63, 3.8) is 0 Å². The van der Waals surface area contributed by atoms with Crippen molar-refractivity contribution in [3.05, 3.63) is 27.0 Å². The van der Waals surface area contributed by atoms with E-state index in [9.17, 15) is 0 Å². The van der Waals surface area contributed by atoms with E-state index >= 15 is 0 Å². The summed E-state index contributed by atoms with van der Waals surface area (Å²) in [5, 5.41) is 3.25. The minimum Gasteiger partial charge on any atom is -0.445 e. The van der Waals surface area contributed by atoms with Gasteiger partial charge in [-0.15, -0.1) is 0 Å². The first-order valence-corrected chi connectivity index (χ1v) is 7.84. The van der Waals surface area contributed by atoms with Crippen LogP contribution in [-0.4, -0.2) is 16.5 Å². The first kappa shape index (κ1) is 13.1. The molecule has 0 saturated heterocycles. The van der Waals surface area contributed by atoms with Gasteiger partial charge in [0, 0.05) is 30.3 Å². The molecule has 3 rings (SSSR count). The van der Waals surface area contributed by atoms with Crippen LogP contribution in [0, 0.1) is 0 Å². The molecule has 0 aromatic carbocycles. The van der Waals surface area contributed by atoms with Crippen LogP contribution >= 0.6 is 31.9 Å². The van der Waals surface area contributed by atoms with E-state index in [1.54, 1.807) is 0 Å². The molecule has 0 atom stereocenters. The van der Waals surface area contributed by atoms with Gasteiger partial charge in [-0.1, -0.05) is 0 Å². The van der Waals surface area contributed by atoms with E-state index in [1.165, 1.54) is 12.8 Å². The van der Waals surface area contributed by atoms with Gasteiger partial charge in [-0.25, -0.2) is 9.97 Å². The van der Waals surface area contributed by atoms with Crippen molar-refractivity contribution in [1.29, 1.82) is 0 Å². The lowest BCUT2D eigenvalue weighted by molar-refractivity contribution is 0.549. The molecule has 1 aliphatic rings. The molecule has 1 fully saturated rings. The normalized spacial score (nSPS) is 14.7. The average Bonchev–Trinajstić information content (AvgIpc) is 3.17. The Kier molecular flexibility index (Phi) is 3.62. The molecule has 2 heterocycles. The van der Waals surface area contributed by atoms with Crippen LogP contribution < -0.4 is 5.32 Å². The third kappa shape index (κ3) is 2.84. The van der Waals surface area contributed by atoms with Gasteiger partial charge in [0.05, 0.1) is 4.47 Å². The number of aromatic nitrogens is 2. The molecule has 2 aromatic rings. The smallest absolute Gasteiger partial charge is 0.197 e. The van der Waals surface area contributed by atoms with Crippen molar-refractivity contribution < 1.29 is 4.42 Å². The molecule has 100 valence electrons.